The maximum atomic E-state index is 12.2. The zero-order valence-corrected chi connectivity index (χ0v) is 17.1. The van der Waals surface area contributed by atoms with Crippen LogP contribution in [0.1, 0.15) is 13.8 Å². The normalized spacial score (nSPS) is 18.2. The van der Waals surface area contributed by atoms with Gasteiger partial charge >= 0.3 is 0 Å². The molecule has 0 atom stereocenters. The number of guanidine groups is 1. The standard InChI is InChI=1S/C16H25ClN4O2S2/c1-16(2)12-21(9-10-24-16)15(18-3)19-7-8-20-25(22,23)14-6-4-5-13(17)11-14/h4-6,11,20H,7-10,12H2,1-3H3,(H,18,19). The van der Waals surface area contributed by atoms with Crippen LogP contribution < -0.4 is 10.0 Å². The number of thioether (sulfide) groups is 1. The molecule has 0 saturated carbocycles. The molecule has 25 heavy (non-hydrogen) atoms. The Bertz CT molecular complexity index is 723. The van der Waals surface area contributed by atoms with E-state index in [1.54, 1.807) is 19.2 Å². The van der Waals surface area contributed by atoms with Crippen molar-refractivity contribution < 1.29 is 8.42 Å². The molecule has 1 aliphatic rings. The average Bonchev–Trinajstić information content (AvgIpc) is 2.54. The lowest BCUT2D eigenvalue weighted by Crippen LogP contribution is -2.51. The van der Waals surface area contributed by atoms with Crippen molar-refractivity contribution in [2.45, 2.75) is 23.5 Å². The summed E-state index contributed by atoms with van der Waals surface area (Å²) in [6.45, 7) is 7.00. The van der Waals surface area contributed by atoms with Gasteiger partial charge in [-0.1, -0.05) is 17.7 Å². The summed E-state index contributed by atoms with van der Waals surface area (Å²) < 4.78 is 27.2. The van der Waals surface area contributed by atoms with E-state index in [1.165, 1.54) is 12.1 Å². The van der Waals surface area contributed by atoms with Gasteiger partial charge < -0.3 is 10.2 Å². The van der Waals surface area contributed by atoms with E-state index in [-0.39, 0.29) is 16.2 Å². The molecule has 1 fully saturated rings. The van der Waals surface area contributed by atoms with E-state index >= 15 is 0 Å². The predicted molar refractivity (Wildman–Crippen MR) is 106 cm³/mol. The van der Waals surface area contributed by atoms with Crippen LogP contribution in [0.25, 0.3) is 0 Å². The maximum absolute atomic E-state index is 12.2. The fourth-order valence-electron chi connectivity index (χ4n) is 2.61. The molecule has 1 aliphatic heterocycles. The van der Waals surface area contributed by atoms with E-state index in [9.17, 15) is 8.42 Å². The first-order chi connectivity index (χ1) is 11.7. The molecule has 0 spiro atoms. The van der Waals surface area contributed by atoms with Crippen LogP contribution >= 0.6 is 23.4 Å². The Kier molecular flexibility index (Phi) is 7.01. The molecule has 140 valence electrons. The SMILES string of the molecule is CN=C(NCCNS(=O)(=O)c1cccc(Cl)c1)N1CCSC(C)(C)C1. The highest BCUT2D eigenvalue weighted by Crippen LogP contribution is 2.29. The molecule has 1 heterocycles. The van der Waals surface area contributed by atoms with E-state index in [1.807, 2.05) is 11.8 Å². The Hall–Kier alpha value is -0.960. The molecule has 6 nitrogen and oxygen atoms in total. The van der Waals surface area contributed by atoms with Crippen LogP contribution in [0.4, 0.5) is 0 Å². The largest absolute Gasteiger partial charge is 0.355 e. The van der Waals surface area contributed by atoms with E-state index in [4.69, 9.17) is 11.6 Å². The third-order valence-corrected chi connectivity index (χ3v) is 6.73. The molecule has 0 aliphatic carbocycles. The van der Waals surface area contributed by atoms with Gasteiger partial charge in [0.25, 0.3) is 0 Å². The number of hydrogen-bond donors (Lipinski definition) is 2. The number of sulfonamides is 1. The Labute approximate surface area is 159 Å². The Morgan fingerprint density at radius 2 is 2.16 bits per heavy atom. The van der Waals surface area contributed by atoms with Crippen molar-refractivity contribution in [3.05, 3.63) is 29.3 Å². The molecule has 1 aromatic carbocycles. The van der Waals surface area contributed by atoms with Crippen molar-refractivity contribution in [2.24, 2.45) is 4.99 Å². The summed E-state index contributed by atoms with van der Waals surface area (Å²) in [6, 6.07) is 6.22. The number of nitrogens with zero attached hydrogens (tertiary/aromatic N) is 2. The number of hydrogen-bond acceptors (Lipinski definition) is 4. The molecule has 0 radical (unpaired) electrons. The summed E-state index contributed by atoms with van der Waals surface area (Å²) >= 11 is 7.81. The molecule has 2 rings (SSSR count). The van der Waals surface area contributed by atoms with Gasteiger partial charge in [-0.3, -0.25) is 4.99 Å². The van der Waals surface area contributed by atoms with Gasteiger partial charge in [-0.05, 0) is 32.0 Å². The monoisotopic (exact) mass is 404 g/mol. The quantitative estimate of drug-likeness (QED) is 0.446. The molecular weight excluding hydrogens is 380 g/mol. The van der Waals surface area contributed by atoms with Gasteiger partial charge in [0.05, 0.1) is 4.90 Å². The first-order valence-corrected chi connectivity index (χ1v) is 10.9. The highest BCUT2D eigenvalue weighted by Gasteiger charge is 2.28. The summed E-state index contributed by atoms with van der Waals surface area (Å²) in [5, 5.41) is 3.62. The second kappa shape index (κ2) is 8.62. The lowest BCUT2D eigenvalue weighted by atomic mass is 10.2. The minimum Gasteiger partial charge on any atom is -0.355 e. The lowest BCUT2D eigenvalue weighted by molar-refractivity contribution is 0.376. The number of aliphatic imine (C=N–C) groups is 1. The second-order valence-electron chi connectivity index (χ2n) is 6.36. The van der Waals surface area contributed by atoms with Gasteiger partial charge in [-0.25, -0.2) is 13.1 Å². The average molecular weight is 405 g/mol. The molecular formula is C16H25ClN4O2S2. The van der Waals surface area contributed by atoms with Crippen LogP contribution in [0.5, 0.6) is 0 Å². The fourth-order valence-corrected chi connectivity index (χ4v) is 5.05. The summed E-state index contributed by atoms with van der Waals surface area (Å²) in [6.07, 6.45) is 0. The summed E-state index contributed by atoms with van der Waals surface area (Å²) in [7, 11) is -1.82. The highest BCUT2D eigenvalue weighted by atomic mass is 35.5. The topological polar surface area (TPSA) is 73.8 Å². The van der Waals surface area contributed by atoms with Gasteiger partial charge in [0.1, 0.15) is 0 Å². The van der Waals surface area contributed by atoms with E-state index in [0.29, 0.717) is 11.6 Å². The van der Waals surface area contributed by atoms with Gasteiger partial charge in [0.15, 0.2) is 5.96 Å². The Morgan fingerprint density at radius 3 is 2.80 bits per heavy atom. The lowest BCUT2D eigenvalue weighted by Gasteiger charge is -2.39. The van der Waals surface area contributed by atoms with Gasteiger partial charge in [0.2, 0.25) is 10.0 Å². The van der Waals surface area contributed by atoms with Crippen LogP contribution in [0.15, 0.2) is 34.2 Å². The first-order valence-electron chi connectivity index (χ1n) is 8.08. The first kappa shape index (κ1) is 20.4. The molecule has 1 saturated heterocycles. The Balaban J connectivity index is 1.85. The minimum atomic E-state index is -3.56. The molecule has 0 unspecified atom stereocenters. The molecule has 2 N–H and O–H groups in total. The maximum Gasteiger partial charge on any atom is 0.240 e. The van der Waals surface area contributed by atoms with Crippen LogP contribution in [0.3, 0.4) is 0 Å². The molecule has 1 aromatic rings. The summed E-state index contributed by atoms with van der Waals surface area (Å²) in [5.74, 6) is 1.85. The van der Waals surface area contributed by atoms with E-state index < -0.39 is 10.0 Å². The number of halogens is 1. The molecule has 9 heteroatoms. The smallest absolute Gasteiger partial charge is 0.240 e. The van der Waals surface area contributed by atoms with Crippen LogP contribution in [-0.4, -0.2) is 63.0 Å². The fraction of sp³-hybridized carbons (Fsp3) is 0.562. The third kappa shape index (κ3) is 6.06. The number of benzene rings is 1. The van der Waals surface area contributed by atoms with Gasteiger partial charge in [-0.15, -0.1) is 0 Å². The second-order valence-corrected chi connectivity index (χ2v) is 10.4. The molecule has 0 bridgehead atoms. The van der Waals surface area contributed by atoms with Crippen LogP contribution in [0, 0.1) is 0 Å². The zero-order valence-electron chi connectivity index (χ0n) is 14.8. The third-order valence-electron chi connectivity index (χ3n) is 3.74. The summed E-state index contributed by atoms with van der Waals surface area (Å²) in [4.78, 5) is 6.68. The van der Waals surface area contributed by atoms with E-state index in [2.05, 4.69) is 33.8 Å². The Morgan fingerprint density at radius 1 is 1.40 bits per heavy atom. The van der Waals surface area contributed by atoms with Crippen molar-refractivity contribution in [1.82, 2.24) is 14.9 Å². The predicted octanol–water partition coefficient (Wildman–Crippen LogP) is 2.02. The van der Waals surface area contributed by atoms with Crippen LogP contribution in [0.2, 0.25) is 5.02 Å². The van der Waals surface area contributed by atoms with Crippen LogP contribution in [-0.2, 0) is 10.0 Å². The number of rotatable bonds is 5. The highest BCUT2D eigenvalue weighted by molar-refractivity contribution is 8.00. The van der Waals surface area contributed by atoms with Crippen molar-refractivity contribution >= 4 is 39.3 Å². The van der Waals surface area contributed by atoms with Gasteiger partial charge in [0, 0.05) is 48.7 Å². The van der Waals surface area contributed by atoms with Crippen molar-refractivity contribution in [3.63, 3.8) is 0 Å². The minimum absolute atomic E-state index is 0.166. The zero-order chi connectivity index (χ0) is 18.5. The molecule has 0 aromatic heterocycles. The van der Waals surface area contributed by atoms with Crippen molar-refractivity contribution in [3.8, 4) is 0 Å². The number of nitrogens with one attached hydrogen (secondary N) is 2. The van der Waals surface area contributed by atoms with Crippen molar-refractivity contribution in [1.29, 1.82) is 0 Å². The van der Waals surface area contributed by atoms with Crippen molar-refractivity contribution in [2.75, 3.05) is 39.0 Å². The summed E-state index contributed by atoms with van der Waals surface area (Å²) in [5.41, 5.74) is 0. The van der Waals surface area contributed by atoms with E-state index in [0.717, 1.165) is 24.8 Å². The van der Waals surface area contributed by atoms with Gasteiger partial charge in [-0.2, -0.15) is 11.8 Å². The molecule has 0 amide bonds.